The van der Waals surface area contributed by atoms with Gasteiger partial charge >= 0.3 is 5.97 Å². The van der Waals surface area contributed by atoms with Gasteiger partial charge in [-0.05, 0) is 60.9 Å². The third-order valence-corrected chi connectivity index (χ3v) is 4.61. The molecule has 1 fully saturated rings. The number of likely N-dealkylation sites (tertiary alicyclic amines) is 1. The Morgan fingerprint density at radius 3 is 2.55 bits per heavy atom. The van der Waals surface area contributed by atoms with Crippen molar-refractivity contribution in [2.24, 2.45) is 5.41 Å². The number of carboxylic acid groups (broad SMARTS) is 1. The molecule has 1 aliphatic heterocycles. The van der Waals surface area contributed by atoms with Crippen LogP contribution in [0.5, 0.6) is 0 Å². The third kappa shape index (κ3) is 3.01. The second-order valence-corrected chi connectivity index (χ2v) is 6.32. The van der Waals surface area contributed by atoms with Crippen molar-refractivity contribution in [3.05, 3.63) is 33.8 Å². The lowest BCUT2D eigenvalue weighted by Gasteiger charge is -2.36. The Bertz CT molecular complexity index is 528. The molecule has 1 N–H and O–H groups in total. The topological polar surface area (TPSA) is 40.5 Å². The molecule has 20 heavy (non-hydrogen) atoms. The summed E-state index contributed by atoms with van der Waals surface area (Å²) in [7, 11) is 0. The Morgan fingerprint density at radius 2 is 2.00 bits per heavy atom. The molecular weight excluding hydrogens is 332 g/mol. The summed E-state index contributed by atoms with van der Waals surface area (Å²) < 4.78 is 27.8. The maximum atomic E-state index is 13.9. The zero-order valence-corrected chi connectivity index (χ0v) is 12.7. The molecular formula is C14H16BrF2NO2. The van der Waals surface area contributed by atoms with Crippen molar-refractivity contribution in [2.45, 2.75) is 26.3 Å². The van der Waals surface area contributed by atoms with Gasteiger partial charge in [-0.25, -0.2) is 8.78 Å². The van der Waals surface area contributed by atoms with Gasteiger partial charge in [0.05, 0.1) is 9.89 Å². The maximum Gasteiger partial charge on any atom is 0.309 e. The largest absolute Gasteiger partial charge is 0.481 e. The molecule has 0 bridgehead atoms. The van der Waals surface area contributed by atoms with E-state index in [1.807, 2.05) is 4.90 Å². The van der Waals surface area contributed by atoms with Crippen molar-refractivity contribution in [3.63, 3.8) is 0 Å². The normalized spacial score (nSPS) is 19.0. The number of halogens is 3. The average Bonchev–Trinajstić information content (AvgIpc) is 2.41. The Labute approximate surface area is 124 Å². The van der Waals surface area contributed by atoms with Crippen LogP contribution in [0.3, 0.4) is 0 Å². The fourth-order valence-corrected chi connectivity index (χ4v) is 2.73. The number of aliphatic carboxylic acids is 1. The molecule has 2 rings (SSSR count). The first-order chi connectivity index (χ1) is 9.33. The SMILES string of the molecule is CC1(C(=O)O)CCN(Cc2c(F)ccc(Br)c2F)CC1. The maximum absolute atomic E-state index is 13.9. The number of piperidine rings is 1. The molecule has 0 aromatic heterocycles. The Balaban J connectivity index is 2.07. The molecule has 0 amide bonds. The molecule has 3 nitrogen and oxygen atoms in total. The minimum Gasteiger partial charge on any atom is -0.481 e. The van der Waals surface area contributed by atoms with Crippen molar-refractivity contribution in [1.82, 2.24) is 4.90 Å². The first kappa shape index (κ1) is 15.4. The van der Waals surface area contributed by atoms with Gasteiger partial charge in [0.15, 0.2) is 0 Å². The van der Waals surface area contributed by atoms with Crippen LogP contribution in [0.1, 0.15) is 25.3 Å². The monoisotopic (exact) mass is 347 g/mol. The lowest BCUT2D eigenvalue weighted by atomic mass is 9.80. The Kier molecular flexibility index (Phi) is 4.44. The molecule has 1 aromatic carbocycles. The minimum absolute atomic E-state index is 0.0262. The van der Waals surface area contributed by atoms with E-state index in [0.29, 0.717) is 25.9 Å². The molecule has 110 valence electrons. The van der Waals surface area contributed by atoms with Crippen LogP contribution in [0.15, 0.2) is 16.6 Å². The van der Waals surface area contributed by atoms with Crippen LogP contribution >= 0.6 is 15.9 Å². The molecule has 1 heterocycles. The molecule has 0 aliphatic carbocycles. The highest BCUT2D eigenvalue weighted by Gasteiger charge is 2.37. The fraction of sp³-hybridized carbons (Fsp3) is 0.500. The zero-order valence-electron chi connectivity index (χ0n) is 11.1. The zero-order chi connectivity index (χ0) is 14.9. The summed E-state index contributed by atoms with van der Waals surface area (Å²) in [4.78, 5) is 13.0. The van der Waals surface area contributed by atoms with Crippen molar-refractivity contribution in [3.8, 4) is 0 Å². The molecule has 0 radical (unpaired) electrons. The van der Waals surface area contributed by atoms with Gasteiger partial charge in [-0.2, -0.15) is 0 Å². The molecule has 0 unspecified atom stereocenters. The second kappa shape index (κ2) is 5.77. The molecule has 0 spiro atoms. The smallest absolute Gasteiger partial charge is 0.309 e. The first-order valence-electron chi connectivity index (χ1n) is 6.41. The molecule has 0 atom stereocenters. The number of hydrogen-bond donors (Lipinski definition) is 1. The van der Waals surface area contributed by atoms with E-state index >= 15 is 0 Å². The molecule has 6 heteroatoms. The highest BCUT2D eigenvalue weighted by molar-refractivity contribution is 9.10. The van der Waals surface area contributed by atoms with E-state index < -0.39 is 23.0 Å². The highest BCUT2D eigenvalue weighted by atomic mass is 79.9. The third-order valence-electron chi connectivity index (χ3n) is 4.00. The van der Waals surface area contributed by atoms with Gasteiger partial charge in [-0.1, -0.05) is 0 Å². The van der Waals surface area contributed by atoms with Crippen LogP contribution < -0.4 is 0 Å². The van der Waals surface area contributed by atoms with Gasteiger partial charge in [0.1, 0.15) is 11.6 Å². The van der Waals surface area contributed by atoms with Gasteiger partial charge in [0, 0.05) is 12.1 Å². The predicted octanol–water partition coefficient (Wildman–Crippen LogP) is 3.41. The fourth-order valence-electron chi connectivity index (χ4n) is 2.36. The summed E-state index contributed by atoms with van der Waals surface area (Å²) in [5, 5.41) is 9.15. The summed E-state index contributed by atoms with van der Waals surface area (Å²) in [6, 6.07) is 2.57. The van der Waals surface area contributed by atoms with Crippen LogP contribution in [0.2, 0.25) is 0 Å². The summed E-state index contributed by atoms with van der Waals surface area (Å²) in [6.07, 6.45) is 0.971. The standard InChI is InChI=1S/C14H16BrF2NO2/c1-14(13(19)20)4-6-18(7-5-14)8-9-11(16)3-2-10(15)12(9)17/h2-3H,4-8H2,1H3,(H,19,20). The van der Waals surface area contributed by atoms with E-state index in [1.54, 1.807) is 6.92 Å². The van der Waals surface area contributed by atoms with E-state index in [-0.39, 0.29) is 16.6 Å². The van der Waals surface area contributed by atoms with Gasteiger partial charge < -0.3 is 5.11 Å². The average molecular weight is 348 g/mol. The summed E-state index contributed by atoms with van der Waals surface area (Å²) in [5.41, 5.74) is -0.705. The van der Waals surface area contributed by atoms with Gasteiger partial charge in [0.2, 0.25) is 0 Å². The first-order valence-corrected chi connectivity index (χ1v) is 7.21. The quantitative estimate of drug-likeness (QED) is 0.851. The predicted molar refractivity (Wildman–Crippen MR) is 74.3 cm³/mol. The number of benzene rings is 1. The van der Waals surface area contributed by atoms with E-state index in [4.69, 9.17) is 5.11 Å². The second-order valence-electron chi connectivity index (χ2n) is 5.46. The lowest BCUT2D eigenvalue weighted by molar-refractivity contribution is -0.150. The number of carbonyl (C=O) groups is 1. The van der Waals surface area contributed by atoms with Crippen LogP contribution in [0.4, 0.5) is 8.78 Å². The van der Waals surface area contributed by atoms with Gasteiger partial charge in [-0.3, -0.25) is 9.69 Å². The van der Waals surface area contributed by atoms with Crippen LogP contribution in [0.25, 0.3) is 0 Å². The van der Waals surface area contributed by atoms with Crippen molar-refractivity contribution >= 4 is 21.9 Å². The van der Waals surface area contributed by atoms with Crippen LogP contribution in [0, 0.1) is 17.0 Å². The molecule has 1 aromatic rings. The van der Waals surface area contributed by atoms with E-state index in [2.05, 4.69) is 15.9 Å². The van der Waals surface area contributed by atoms with Crippen molar-refractivity contribution in [2.75, 3.05) is 13.1 Å². The van der Waals surface area contributed by atoms with Crippen LogP contribution in [-0.4, -0.2) is 29.1 Å². The summed E-state index contributed by atoms with van der Waals surface area (Å²) >= 11 is 3.04. The summed E-state index contributed by atoms with van der Waals surface area (Å²) in [5.74, 6) is -1.97. The molecule has 1 saturated heterocycles. The van der Waals surface area contributed by atoms with E-state index in [9.17, 15) is 13.6 Å². The number of hydrogen-bond acceptors (Lipinski definition) is 2. The molecule has 0 saturated carbocycles. The number of carboxylic acids is 1. The highest BCUT2D eigenvalue weighted by Crippen LogP contribution is 2.32. The lowest BCUT2D eigenvalue weighted by Crippen LogP contribution is -2.42. The van der Waals surface area contributed by atoms with E-state index in [1.165, 1.54) is 12.1 Å². The van der Waals surface area contributed by atoms with Crippen molar-refractivity contribution < 1.29 is 18.7 Å². The van der Waals surface area contributed by atoms with Crippen LogP contribution in [-0.2, 0) is 11.3 Å². The number of nitrogens with zero attached hydrogens (tertiary/aromatic N) is 1. The van der Waals surface area contributed by atoms with Gasteiger partial charge in [-0.15, -0.1) is 0 Å². The van der Waals surface area contributed by atoms with Gasteiger partial charge in [0.25, 0.3) is 0 Å². The summed E-state index contributed by atoms with van der Waals surface area (Å²) in [6.45, 7) is 2.92. The minimum atomic E-state index is -0.808. The van der Waals surface area contributed by atoms with Crippen molar-refractivity contribution in [1.29, 1.82) is 0 Å². The molecule has 1 aliphatic rings. The Morgan fingerprint density at radius 1 is 1.40 bits per heavy atom. The Hall–Kier alpha value is -1.01. The van der Waals surface area contributed by atoms with E-state index in [0.717, 1.165) is 0 Å². The number of rotatable bonds is 3.